The fourth-order valence-electron chi connectivity index (χ4n) is 6.67. The first-order valence-corrected chi connectivity index (χ1v) is 16.3. The maximum atomic E-state index is 12.9. The number of aryl methyl sites for hydroxylation is 1. The van der Waals surface area contributed by atoms with Crippen molar-refractivity contribution >= 4 is 44.2 Å². The van der Waals surface area contributed by atoms with Crippen LogP contribution in [0.5, 0.6) is 0 Å². The second kappa shape index (κ2) is 13.2. The minimum atomic E-state index is -4.27. The highest BCUT2D eigenvalue weighted by Crippen LogP contribution is 2.33. The Kier molecular flexibility index (Phi) is 9.20. The molecule has 14 heteroatoms. The van der Waals surface area contributed by atoms with Crippen molar-refractivity contribution in [3.63, 3.8) is 0 Å². The molecule has 244 valence electrons. The summed E-state index contributed by atoms with van der Waals surface area (Å²) in [6.07, 6.45) is -2.09. The maximum absolute atomic E-state index is 12.9. The van der Waals surface area contributed by atoms with Crippen LogP contribution in [0.4, 0.5) is 19.0 Å². The van der Waals surface area contributed by atoms with Crippen LogP contribution in [-0.2, 0) is 24.3 Å². The van der Waals surface area contributed by atoms with Gasteiger partial charge < -0.3 is 20.3 Å². The van der Waals surface area contributed by atoms with Crippen LogP contribution in [0, 0.1) is 18.3 Å². The monoisotopic (exact) mass is 654 g/mol. The number of alkyl halides is 3. The highest BCUT2D eigenvalue weighted by molar-refractivity contribution is 7.18. The minimum absolute atomic E-state index is 0.0571. The zero-order valence-electron chi connectivity index (χ0n) is 25.8. The number of carboxylic acids is 1. The molecule has 1 aromatic carbocycles. The van der Waals surface area contributed by atoms with Gasteiger partial charge in [0, 0.05) is 73.7 Å². The predicted molar refractivity (Wildman–Crippen MR) is 171 cm³/mol. The number of hydrogen-bond donors (Lipinski definition) is 3. The van der Waals surface area contributed by atoms with Crippen molar-refractivity contribution in [1.82, 2.24) is 29.7 Å². The summed E-state index contributed by atoms with van der Waals surface area (Å²) >= 11 is 1.06. The van der Waals surface area contributed by atoms with E-state index in [1.807, 2.05) is 6.07 Å². The molecule has 2 fully saturated rings. The molecule has 2 atom stereocenters. The van der Waals surface area contributed by atoms with Gasteiger partial charge in [0.1, 0.15) is 34.8 Å². The number of rotatable bonds is 9. The Balaban J connectivity index is 1.10. The molecule has 3 aromatic heterocycles. The number of piperidine rings is 1. The zero-order valence-corrected chi connectivity index (χ0v) is 26.6. The largest absolute Gasteiger partial charge is 0.480 e. The van der Waals surface area contributed by atoms with Gasteiger partial charge in [-0.1, -0.05) is 6.07 Å². The van der Waals surface area contributed by atoms with E-state index in [9.17, 15) is 28.3 Å². The van der Waals surface area contributed by atoms with Crippen molar-refractivity contribution in [3.8, 4) is 6.07 Å². The molecule has 6 rings (SSSR count). The molecular formula is C32H37F3N8O2S. The number of nitriles is 1. The van der Waals surface area contributed by atoms with Crippen molar-refractivity contribution in [1.29, 1.82) is 5.26 Å². The molecule has 2 aliphatic rings. The fraction of sp³-hybridized carbons (Fsp3) is 0.500. The third-order valence-corrected chi connectivity index (χ3v) is 10.3. The number of aromatic nitrogens is 3. The first-order valence-electron chi connectivity index (χ1n) is 15.5. The number of anilines is 1. The normalized spacial score (nSPS) is 19.4. The van der Waals surface area contributed by atoms with Gasteiger partial charge in [-0.25, -0.2) is 9.97 Å². The molecule has 0 amide bonds. The van der Waals surface area contributed by atoms with Crippen molar-refractivity contribution in [3.05, 3.63) is 52.3 Å². The van der Waals surface area contributed by atoms with Crippen LogP contribution >= 0.6 is 11.3 Å². The second-order valence-electron chi connectivity index (χ2n) is 12.4. The van der Waals surface area contributed by atoms with Gasteiger partial charge in [0.15, 0.2) is 0 Å². The van der Waals surface area contributed by atoms with Gasteiger partial charge in [-0.3, -0.25) is 14.6 Å². The van der Waals surface area contributed by atoms with Gasteiger partial charge in [-0.15, -0.1) is 11.3 Å². The Morgan fingerprint density at radius 1 is 1.22 bits per heavy atom. The molecule has 2 unspecified atom stereocenters. The van der Waals surface area contributed by atoms with Gasteiger partial charge in [0.2, 0.25) is 0 Å². The number of benzene rings is 1. The summed E-state index contributed by atoms with van der Waals surface area (Å²) in [5.41, 5.74) is 3.94. The van der Waals surface area contributed by atoms with E-state index in [1.165, 1.54) is 11.9 Å². The molecule has 0 spiro atoms. The van der Waals surface area contributed by atoms with Crippen molar-refractivity contribution in [2.45, 2.75) is 70.5 Å². The number of halogens is 3. The molecule has 10 nitrogen and oxygen atoms in total. The highest BCUT2D eigenvalue weighted by Gasteiger charge is 2.30. The number of carbonyl (C=O) groups is 1. The average molecular weight is 655 g/mol. The summed E-state index contributed by atoms with van der Waals surface area (Å²) in [5.74, 6) is -0.267. The smallest absolute Gasteiger partial charge is 0.393 e. The van der Waals surface area contributed by atoms with Gasteiger partial charge in [0.05, 0.1) is 11.8 Å². The van der Waals surface area contributed by atoms with Gasteiger partial charge >= 0.3 is 12.1 Å². The fourth-order valence-corrected chi connectivity index (χ4v) is 7.70. The lowest BCUT2D eigenvalue weighted by molar-refractivity contribution is -0.141. The van der Waals surface area contributed by atoms with E-state index in [0.29, 0.717) is 41.4 Å². The van der Waals surface area contributed by atoms with Crippen LogP contribution < -0.4 is 10.6 Å². The molecule has 2 saturated heterocycles. The Morgan fingerprint density at radius 2 is 2.00 bits per heavy atom. The van der Waals surface area contributed by atoms with E-state index < -0.39 is 24.6 Å². The van der Waals surface area contributed by atoms with E-state index in [1.54, 1.807) is 6.07 Å². The third kappa shape index (κ3) is 6.97. The molecule has 0 saturated carbocycles. The highest BCUT2D eigenvalue weighted by atomic mass is 32.1. The number of aliphatic carboxylic acids is 1. The lowest BCUT2D eigenvalue weighted by Gasteiger charge is -2.36. The number of nitrogens with zero attached hydrogens (tertiary/aromatic N) is 6. The summed E-state index contributed by atoms with van der Waals surface area (Å²) < 4.78 is 40.8. The van der Waals surface area contributed by atoms with Crippen LogP contribution in [0.1, 0.15) is 41.5 Å². The van der Waals surface area contributed by atoms with Crippen molar-refractivity contribution in [2.24, 2.45) is 0 Å². The van der Waals surface area contributed by atoms with Gasteiger partial charge in [-0.05, 0) is 56.0 Å². The molecule has 3 N–H and O–H groups in total. The van der Waals surface area contributed by atoms with Crippen LogP contribution in [0.3, 0.4) is 0 Å². The SMILES string of the molecule is Cc1c(CN2CCC(Nc3ncnc4sc(CC(F)(F)F)cc34)CC2)ccc2c1cc(C#N)n2CC(C)N1CCNC(C(=O)O)C1. The topological polar surface area (TPSA) is 122 Å². The van der Waals surface area contributed by atoms with E-state index >= 15 is 0 Å². The number of fused-ring (bicyclic) bond motifs is 2. The van der Waals surface area contributed by atoms with Crippen LogP contribution in [-0.4, -0.2) is 92.4 Å². The van der Waals surface area contributed by atoms with E-state index in [4.69, 9.17) is 0 Å². The third-order valence-electron chi connectivity index (χ3n) is 9.23. The number of carboxylic acid groups (broad SMARTS) is 1. The molecule has 5 heterocycles. The summed E-state index contributed by atoms with van der Waals surface area (Å²) in [4.78, 5) is 25.4. The standard InChI is InChI=1S/C32H37F3N8O2S/c1-19(42-10-7-37-27(17-42)31(44)45)15-43-23(14-36)11-25-20(2)21(3-4-28(25)43)16-41-8-5-22(6-9-41)40-29-26-12-24(13-32(33,34)35)46-30(26)39-18-38-29/h3-4,11-12,18-19,22,27,37H,5-10,13,15-17H2,1-2H3,(H,44,45)(H,38,39,40). The lowest BCUT2D eigenvalue weighted by atomic mass is 10.0. The van der Waals surface area contributed by atoms with E-state index in [-0.39, 0.29) is 17.0 Å². The van der Waals surface area contributed by atoms with Crippen molar-refractivity contribution in [2.75, 3.05) is 38.0 Å². The average Bonchev–Trinajstić information content (AvgIpc) is 3.60. The molecule has 0 aliphatic carbocycles. The zero-order chi connectivity index (χ0) is 32.6. The first-order chi connectivity index (χ1) is 22.0. The number of thiophene rings is 1. The quantitative estimate of drug-likeness (QED) is 0.235. The van der Waals surface area contributed by atoms with Crippen LogP contribution in [0.25, 0.3) is 21.1 Å². The second-order valence-corrected chi connectivity index (χ2v) is 13.5. The Labute approximate surface area is 268 Å². The lowest BCUT2D eigenvalue weighted by Crippen LogP contribution is -2.56. The Morgan fingerprint density at radius 3 is 2.72 bits per heavy atom. The number of likely N-dealkylation sites (tertiary alicyclic amines) is 1. The minimum Gasteiger partial charge on any atom is -0.480 e. The summed E-state index contributed by atoms with van der Waals surface area (Å²) in [6, 6.07) is 9.71. The summed E-state index contributed by atoms with van der Waals surface area (Å²) in [5, 5.41) is 27.6. The van der Waals surface area contributed by atoms with E-state index in [0.717, 1.165) is 66.8 Å². The molecular weight excluding hydrogens is 617 g/mol. The predicted octanol–water partition coefficient (Wildman–Crippen LogP) is 4.75. The Bertz CT molecular complexity index is 1770. The van der Waals surface area contributed by atoms with Gasteiger partial charge in [0.25, 0.3) is 0 Å². The summed E-state index contributed by atoms with van der Waals surface area (Å²) in [6.45, 7) is 9.05. The number of piperazine rings is 1. The van der Waals surface area contributed by atoms with E-state index in [2.05, 4.69) is 67.0 Å². The molecule has 0 bridgehead atoms. The molecule has 2 aliphatic heterocycles. The molecule has 0 radical (unpaired) electrons. The first kappa shape index (κ1) is 32.2. The molecule has 46 heavy (non-hydrogen) atoms. The van der Waals surface area contributed by atoms with Crippen LogP contribution in [0.15, 0.2) is 30.6 Å². The number of hydrogen-bond acceptors (Lipinski definition) is 9. The summed E-state index contributed by atoms with van der Waals surface area (Å²) in [7, 11) is 0. The van der Waals surface area contributed by atoms with Crippen LogP contribution in [0.2, 0.25) is 0 Å². The number of nitrogens with one attached hydrogen (secondary N) is 2. The van der Waals surface area contributed by atoms with Gasteiger partial charge in [-0.2, -0.15) is 18.4 Å². The maximum Gasteiger partial charge on any atom is 0.393 e. The van der Waals surface area contributed by atoms with Crippen molar-refractivity contribution < 1.29 is 23.1 Å². The molecule has 4 aromatic rings. The Hall–Kier alpha value is -3.77.